The number of allylic oxidation sites excluding steroid dienone is 4. The van der Waals surface area contributed by atoms with Crippen LogP contribution < -0.4 is 0 Å². The van der Waals surface area contributed by atoms with Gasteiger partial charge >= 0.3 is 0 Å². The van der Waals surface area contributed by atoms with E-state index in [2.05, 4.69) is 154 Å². The molecule has 1 aliphatic rings. The quantitative estimate of drug-likeness (QED) is 0.266. The molecule has 0 radical (unpaired) electrons. The Hall–Kier alpha value is -4.10. The van der Waals surface area contributed by atoms with Crippen LogP contribution in [0.2, 0.25) is 0 Å². The Morgan fingerprint density at radius 3 is 1.32 bits per heavy atom. The molecule has 5 rings (SSSR count). The Labute approximate surface area is 221 Å². The maximum atomic E-state index is 9.71. The average molecular weight is 481 g/mol. The molecule has 1 heteroatoms. The van der Waals surface area contributed by atoms with E-state index >= 15 is 0 Å². The molecule has 0 aromatic heterocycles. The van der Waals surface area contributed by atoms with Crippen LogP contribution in [-0.4, -0.2) is 5.71 Å². The summed E-state index contributed by atoms with van der Waals surface area (Å²) in [4.78, 5) is 0. The molecule has 182 valence electrons. The highest BCUT2D eigenvalue weighted by molar-refractivity contribution is 6.13. The van der Waals surface area contributed by atoms with Crippen molar-refractivity contribution in [3.8, 4) is 0 Å². The van der Waals surface area contributed by atoms with Gasteiger partial charge < -0.3 is 0 Å². The van der Waals surface area contributed by atoms with Crippen LogP contribution in [0.25, 0.3) is 0 Å². The van der Waals surface area contributed by atoms with Crippen LogP contribution in [0, 0.1) is 16.7 Å². The lowest BCUT2D eigenvalue weighted by atomic mass is 9.67. The van der Waals surface area contributed by atoms with Gasteiger partial charge in [-0.05, 0) is 43.0 Å². The van der Waals surface area contributed by atoms with Crippen molar-refractivity contribution in [3.63, 3.8) is 0 Å². The molecule has 0 saturated carbocycles. The highest BCUT2D eigenvalue weighted by Gasteiger charge is 2.43. The summed E-state index contributed by atoms with van der Waals surface area (Å²) in [6.07, 6.45) is 4.56. The first-order valence-corrected chi connectivity index (χ1v) is 13.0. The summed E-state index contributed by atoms with van der Waals surface area (Å²) in [7, 11) is 0. The van der Waals surface area contributed by atoms with Crippen LogP contribution >= 0.6 is 0 Å². The lowest BCUT2D eigenvalue weighted by Gasteiger charge is -2.30. The van der Waals surface area contributed by atoms with Crippen molar-refractivity contribution >= 4 is 5.71 Å². The molecule has 0 spiro atoms. The summed E-state index contributed by atoms with van der Waals surface area (Å²) in [5.74, 6) is 1.00. The van der Waals surface area contributed by atoms with E-state index in [4.69, 9.17) is 0 Å². The SMILES string of the molecule is CC(C)(C)C1=C[C+](C(c2ccccc2)c2ccccc2)C(=N)C(C(c2ccccc2)c2ccccc2)=C1. The van der Waals surface area contributed by atoms with Crippen molar-refractivity contribution in [3.05, 3.63) is 173 Å². The average Bonchev–Trinajstić information content (AvgIpc) is 2.92. The zero-order chi connectivity index (χ0) is 25.8. The predicted molar refractivity (Wildman–Crippen MR) is 156 cm³/mol. The van der Waals surface area contributed by atoms with Gasteiger partial charge in [-0.2, -0.15) is 0 Å². The van der Waals surface area contributed by atoms with Crippen molar-refractivity contribution in [2.75, 3.05) is 0 Å². The van der Waals surface area contributed by atoms with E-state index in [-0.39, 0.29) is 17.3 Å². The fourth-order valence-electron chi connectivity index (χ4n) is 5.26. The van der Waals surface area contributed by atoms with E-state index in [1.54, 1.807) is 0 Å². The van der Waals surface area contributed by atoms with Gasteiger partial charge in [0.25, 0.3) is 0 Å². The molecule has 0 saturated heterocycles. The standard InChI is InChI=1S/C36H34N/c1-36(2,3)30-24-31(33(26-16-8-4-9-17-26)27-18-10-5-11-19-27)35(37)32(25-30)34(28-20-12-6-13-21-28)29-22-14-7-15-23-29/h4-25,33-34,37H,1-3H3/q+1. The van der Waals surface area contributed by atoms with Gasteiger partial charge in [0.1, 0.15) is 0 Å². The first-order chi connectivity index (χ1) is 17.9. The van der Waals surface area contributed by atoms with Crippen LogP contribution in [0.1, 0.15) is 54.9 Å². The minimum atomic E-state index is -0.0624. The lowest BCUT2D eigenvalue weighted by Crippen LogP contribution is -2.28. The van der Waals surface area contributed by atoms with Crippen molar-refractivity contribution in [1.29, 1.82) is 5.41 Å². The van der Waals surface area contributed by atoms with E-state index in [1.807, 2.05) is 0 Å². The molecule has 0 unspecified atom stereocenters. The van der Waals surface area contributed by atoms with Crippen LogP contribution in [0.5, 0.6) is 0 Å². The van der Waals surface area contributed by atoms with E-state index in [0.29, 0.717) is 5.71 Å². The third kappa shape index (κ3) is 5.22. The summed E-state index contributed by atoms with van der Waals surface area (Å²) in [6.45, 7) is 6.79. The normalized spacial score (nSPS) is 14.1. The molecular weight excluding hydrogens is 446 g/mol. The molecule has 4 aromatic carbocycles. The number of rotatable bonds is 6. The van der Waals surface area contributed by atoms with Gasteiger partial charge in [-0.25, -0.2) is 0 Å². The Balaban J connectivity index is 1.71. The van der Waals surface area contributed by atoms with Crippen LogP contribution in [0.15, 0.2) is 145 Å². The molecule has 1 N–H and O–H groups in total. The number of hydrogen-bond acceptors (Lipinski definition) is 1. The number of nitrogens with one attached hydrogen (secondary N) is 1. The number of benzene rings is 4. The fourth-order valence-corrected chi connectivity index (χ4v) is 5.26. The molecule has 1 nitrogen and oxygen atoms in total. The summed E-state index contributed by atoms with van der Waals surface area (Å²) >= 11 is 0. The maximum absolute atomic E-state index is 9.71. The lowest BCUT2D eigenvalue weighted by molar-refractivity contribution is 0.514. The van der Waals surface area contributed by atoms with E-state index in [0.717, 1.165) is 11.5 Å². The molecule has 0 bridgehead atoms. The topological polar surface area (TPSA) is 23.9 Å². The van der Waals surface area contributed by atoms with Gasteiger partial charge in [0, 0.05) is 5.41 Å². The zero-order valence-corrected chi connectivity index (χ0v) is 21.9. The van der Waals surface area contributed by atoms with Gasteiger partial charge in [0.2, 0.25) is 0 Å². The first kappa shape index (κ1) is 24.6. The summed E-state index contributed by atoms with van der Waals surface area (Å²) in [5, 5.41) is 9.71. The second kappa shape index (κ2) is 10.5. The Bertz CT molecular complexity index is 1310. The molecule has 37 heavy (non-hydrogen) atoms. The second-order valence-electron chi connectivity index (χ2n) is 10.8. The minimum absolute atomic E-state index is 0.0249. The first-order valence-electron chi connectivity index (χ1n) is 13.0. The molecular formula is C36H34N+. The highest BCUT2D eigenvalue weighted by atomic mass is 14.5. The second-order valence-corrected chi connectivity index (χ2v) is 10.8. The highest BCUT2D eigenvalue weighted by Crippen LogP contribution is 2.46. The molecule has 1 aliphatic carbocycles. The third-order valence-corrected chi connectivity index (χ3v) is 7.22. The Morgan fingerprint density at radius 1 is 0.568 bits per heavy atom. The van der Waals surface area contributed by atoms with Crippen LogP contribution in [-0.2, 0) is 0 Å². The summed E-state index contributed by atoms with van der Waals surface area (Å²) in [5.41, 5.74) is 7.67. The van der Waals surface area contributed by atoms with Gasteiger partial charge in [0.05, 0.1) is 41.1 Å². The third-order valence-electron chi connectivity index (χ3n) is 7.22. The van der Waals surface area contributed by atoms with Crippen molar-refractivity contribution in [2.24, 2.45) is 5.41 Å². The van der Waals surface area contributed by atoms with E-state index in [9.17, 15) is 5.41 Å². The monoisotopic (exact) mass is 480 g/mol. The smallest absolute Gasteiger partial charge is 0.173 e. The van der Waals surface area contributed by atoms with Gasteiger partial charge in [-0.3, -0.25) is 5.41 Å². The fraction of sp³-hybridized carbons (Fsp3) is 0.167. The molecule has 0 atom stereocenters. The predicted octanol–water partition coefficient (Wildman–Crippen LogP) is 9.16. The summed E-state index contributed by atoms with van der Waals surface area (Å²) in [6, 6.07) is 42.5. The molecule has 0 amide bonds. The van der Waals surface area contributed by atoms with Crippen molar-refractivity contribution in [2.45, 2.75) is 32.6 Å². The van der Waals surface area contributed by atoms with Crippen molar-refractivity contribution in [1.82, 2.24) is 0 Å². The maximum Gasteiger partial charge on any atom is 0.173 e. The Kier molecular flexibility index (Phi) is 6.97. The molecule has 4 aromatic rings. The Morgan fingerprint density at radius 2 is 0.946 bits per heavy atom. The van der Waals surface area contributed by atoms with Gasteiger partial charge in [0.15, 0.2) is 5.71 Å². The van der Waals surface area contributed by atoms with Gasteiger partial charge in [-0.15, -0.1) is 0 Å². The van der Waals surface area contributed by atoms with E-state index < -0.39 is 0 Å². The van der Waals surface area contributed by atoms with E-state index in [1.165, 1.54) is 27.8 Å². The molecule has 0 aliphatic heterocycles. The van der Waals surface area contributed by atoms with Gasteiger partial charge in [-0.1, -0.05) is 121 Å². The molecule has 0 fully saturated rings. The van der Waals surface area contributed by atoms with Crippen LogP contribution in [0.4, 0.5) is 0 Å². The van der Waals surface area contributed by atoms with Crippen molar-refractivity contribution < 1.29 is 0 Å². The minimum Gasteiger partial charge on any atom is -0.275 e. The zero-order valence-electron chi connectivity index (χ0n) is 21.9. The summed E-state index contributed by atoms with van der Waals surface area (Å²) < 4.78 is 0. The van der Waals surface area contributed by atoms with Crippen LogP contribution in [0.3, 0.4) is 0 Å². The number of hydrogen-bond donors (Lipinski definition) is 1. The largest absolute Gasteiger partial charge is 0.275 e. The molecule has 0 heterocycles.